The Bertz CT molecular complexity index is 593. The summed E-state index contributed by atoms with van der Waals surface area (Å²) in [5, 5.41) is 11.2. The fourth-order valence-corrected chi connectivity index (χ4v) is 1.89. The normalized spacial score (nSPS) is 12.0. The Hall–Kier alpha value is -1.26. The van der Waals surface area contributed by atoms with Crippen molar-refractivity contribution in [3.63, 3.8) is 0 Å². The number of pyridine rings is 1. The second kappa shape index (κ2) is 3.89. The molecule has 0 atom stereocenters. The van der Waals surface area contributed by atoms with Gasteiger partial charge in [0, 0.05) is 10.4 Å². The third kappa shape index (κ3) is 2.23. The fourth-order valence-electron chi connectivity index (χ4n) is 1.72. The highest BCUT2D eigenvalue weighted by Crippen LogP contribution is 2.27. The van der Waals surface area contributed by atoms with E-state index in [1.54, 1.807) is 32.0 Å². The Kier molecular flexibility index (Phi) is 2.80. The van der Waals surface area contributed by atoms with Gasteiger partial charge in [0.25, 0.3) is 0 Å². The molecule has 0 aliphatic heterocycles. The molecule has 0 saturated carbocycles. The number of hydrogen-bond donors (Lipinski definition) is 2. The number of hydrogen-bond acceptors (Lipinski definition) is 3. The molecule has 0 amide bonds. The van der Waals surface area contributed by atoms with E-state index in [0.717, 1.165) is 5.39 Å². The summed E-state index contributed by atoms with van der Waals surface area (Å²) in [6, 6.07) is 5.12. The molecule has 1 aromatic heterocycles. The van der Waals surface area contributed by atoms with Crippen LogP contribution in [0.3, 0.4) is 0 Å². The van der Waals surface area contributed by atoms with Crippen molar-refractivity contribution in [3.05, 3.63) is 28.9 Å². The van der Waals surface area contributed by atoms with Gasteiger partial charge in [-0.3, -0.25) is 0 Å². The van der Waals surface area contributed by atoms with Gasteiger partial charge in [0.2, 0.25) is 0 Å². The maximum atomic E-state index is 9.95. The number of nitrogens with two attached hydrogens (primary N) is 1. The van der Waals surface area contributed by atoms with Gasteiger partial charge >= 0.3 is 0 Å². The Morgan fingerprint density at radius 1 is 1.35 bits per heavy atom. The molecule has 0 saturated heterocycles. The number of halogens is 1. The van der Waals surface area contributed by atoms with Crippen LogP contribution in [0.1, 0.15) is 19.5 Å². The summed E-state index contributed by atoms with van der Waals surface area (Å²) in [5.41, 5.74) is 6.77. The van der Waals surface area contributed by atoms with Crippen LogP contribution in [0.5, 0.6) is 0 Å². The molecule has 3 N–H and O–H groups in total. The smallest absolute Gasteiger partial charge is 0.116 e. The van der Waals surface area contributed by atoms with Crippen LogP contribution in [0.15, 0.2) is 18.2 Å². The van der Waals surface area contributed by atoms with Gasteiger partial charge in [-0.15, -0.1) is 0 Å². The molecule has 2 radical (unpaired) electrons. The molecule has 2 rings (SSSR count). The van der Waals surface area contributed by atoms with Crippen molar-refractivity contribution >= 4 is 41.5 Å². The zero-order valence-electron chi connectivity index (χ0n) is 9.66. The summed E-state index contributed by atoms with van der Waals surface area (Å²) in [6.07, 6.45) is 0. The maximum absolute atomic E-state index is 9.95. The first kappa shape index (κ1) is 12.2. The van der Waals surface area contributed by atoms with E-state index in [1.807, 2.05) is 0 Å². The number of aliphatic hydroxyl groups is 1. The van der Waals surface area contributed by atoms with Crippen molar-refractivity contribution in [1.82, 2.24) is 4.98 Å². The molecule has 5 heteroatoms. The highest BCUT2D eigenvalue weighted by atomic mass is 35.5. The molecule has 1 heterocycles. The zero-order chi connectivity index (χ0) is 12.8. The predicted octanol–water partition coefficient (Wildman–Crippen LogP) is 1.49. The molecule has 17 heavy (non-hydrogen) atoms. The van der Waals surface area contributed by atoms with E-state index < -0.39 is 5.60 Å². The summed E-state index contributed by atoms with van der Waals surface area (Å²) in [7, 11) is 5.72. The van der Waals surface area contributed by atoms with Crippen LogP contribution in [0.4, 0.5) is 5.69 Å². The first-order chi connectivity index (χ1) is 7.79. The first-order valence-electron chi connectivity index (χ1n) is 5.17. The van der Waals surface area contributed by atoms with Crippen LogP contribution in [0.2, 0.25) is 5.02 Å². The molecule has 0 fully saturated rings. The largest absolute Gasteiger partial charge is 0.397 e. The predicted molar refractivity (Wildman–Crippen MR) is 71.8 cm³/mol. The van der Waals surface area contributed by atoms with Crippen molar-refractivity contribution in [3.8, 4) is 0 Å². The van der Waals surface area contributed by atoms with Crippen molar-refractivity contribution in [2.75, 3.05) is 5.73 Å². The lowest BCUT2D eigenvalue weighted by Crippen LogP contribution is -2.20. The second-order valence-electron chi connectivity index (χ2n) is 4.55. The van der Waals surface area contributed by atoms with Crippen molar-refractivity contribution in [1.29, 1.82) is 0 Å². The quantitative estimate of drug-likeness (QED) is 0.750. The second-order valence-corrected chi connectivity index (χ2v) is 4.96. The molecular weight excluding hydrogens is 234 g/mol. The molecule has 0 unspecified atom stereocenters. The molecule has 0 aliphatic rings. The molecule has 3 nitrogen and oxygen atoms in total. The average Bonchev–Trinajstić information content (AvgIpc) is 2.18. The zero-order valence-corrected chi connectivity index (χ0v) is 10.4. The third-order valence-electron chi connectivity index (χ3n) is 2.54. The third-order valence-corrected chi connectivity index (χ3v) is 2.87. The maximum Gasteiger partial charge on any atom is 0.116 e. The molecule has 0 bridgehead atoms. The Balaban J connectivity index is 2.76. The van der Waals surface area contributed by atoms with Gasteiger partial charge in [0.15, 0.2) is 0 Å². The summed E-state index contributed by atoms with van der Waals surface area (Å²) >= 11 is 5.93. The SMILES string of the molecule is [B]c1cc2nc(C(C)(C)O)c(N)cc2cc1Cl. The molecule has 86 valence electrons. The monoisotopic (exact) mass is 246 g/mol. The summed E-state index contributed by atoms with van der Waals surface area (Å²) in [6.45, 7) is 3.27. The number of nitrogen functional groups attached to an aromatic ring is 1. The van der Waals surface area contributed by atoms with Gasteiger partial charge in [-0.2, -0.15) is 0 Å². The number of nitrogens with zero attached hydrogens (tertiary/aromatic N) is 1. The number of benzene rings is 1. The standard InChI is InChI=1S/C12H12BClN2O/c1-12(2,17)11-9(15)4-6-3-8(14)7(13)5-10(6)16-11/h3-5,17H,15H2,1-2H3. The van der Waals surface area contributed by atoms with Crippen LogP contribution >= 0.6 is 11.6 Å². The van der Waals surface area contributed by atoms with Gasteiger partial charge in [0.1, 0.15) is 13.4 Å². The van der Waals surface area contributed by atoms with Crippen molar-refractivity contribution < 1.29 is 5.11 Å². The summed E-state index contributed by atoms with van der Waals surface area (Å²) < 4.78 is 0. The minimum absolute atomic E-state index is 0.436. The van der Waals surface area contributed by atoms with Crippen LogP contribution in [-0.2, 0) is 5.60 Å². The molecule has 2 aromatic rings. The fraction of sp³-hybridized carbons (Fsp3) is 0.250. The number of rotatable bonds is 1. The van der Waals surface area contributed by atoms with E-state index in [-0.39, 0.29) is 0 Å². The van der Waals surface area contributed by atoms with Crippen LogP contribution in [0, 0.1) is 0 Å². The van der Waals surface area contributed by atoms with Gasteiger partial charge in [-0.1, -0.05) is 17.1 Å². The van der Waals surface area contributed by atoms with E-state index in [9.17, 15) is 5.11 Å². The topological polar surface area (TPSA) is 59.1 Å². The van der Waals surface area contributed by atoms with E-state index in [0.29, 0.717) is 27.4 Å². The van der Waals surface area contributed by atoms with Gasteiger partial charge in [0.05, 0.1) is 16.9 Å². The highest BCUT2D eigenvalue weighted by molar-refractivity contribution is 6.45. The lowest BCUT2D eigenvalue weighted by atomic mass is 9.94. The molecular formula is C12H12BClN2O. The van der Waals surface area contributed by atoms with Crippen LogP contribution in [0.25, 0.3) is 10.9 Å². The molecule has 1 aromatic carbocycles. The van der Waals surface area contributed by atoms with E-state index in [4.69, 9.17) is 25.2 Å². The van der Waals surface area contributed by atoms with Crippen LogP contribution < -0.4 is 11.2 Å². The Morgan fingerprint density at radius 2 is 2.00 bits per heavy atom. The Labute approximate surface area is 106 Å². The molecule has 0 spiro atoms. The summed E-state index contributed by atoms with van der Waals surface area (Å²) in [4.78, 5) is 4.33. The minimum Gasteiger partial charge on any atom is -0.397 e. The average molecular weight is 247 g/mol. The van der Waals surface area contributed by atoms with Gasteiger partial charge in [-0.25, -0.2) is 4.98 Å². The first-order valence-corrected chi connectivity index (χ1v) is 5.55. The van der Waals surface area contributed by atoms with Crippen LogP contribution in [-0.4, -0.2) is 17.9 Å². The molecule has 0 aliphatic carbocycles. The van der Waals surface area contributed by atoms with Gasteiger partial charge in [-0.05, 0) is 32.0 Å². The van der Waals surface area contributed by atoms with Crippen molar-refractivity contribution in [2.45, 2.75) is 19.4 Å². The van der Waals surface area contributed by atoms with Crippen molar-refractivity contribution in [2.24, 2.45) is 0 Å². The lowest BCUT2D eigenvalue weighted by Gasteiger charge is -2.19. The number of fused-ring (bicyclic) bond motifs is 1. The van der Waals surface area contributed by atoms with E-state index in [1.165, 1.54) is 0 Å². The summed E-state index contributed by atoms with van der Waals surface area (Å²) in [5.74, 6) is 0. The number of aromatic nitrogens is 1. The van der Waals surface area contributed by atoms with E-state index in [2.05, 4.69) is 4.98 Å². The number of anilines is 1. The lowest BCUT2D eigenvalue weighted by molar-refractivity contribution is 0.0751. The van der Waals surface area contributed by atoms with E-state index >= 15 is 0 Å². The highest BCUT2D eigenvalue weighted by Gasteiger charge is 2.21. The van der Waals surface area contributed by atoms with Gasteiger partial charge < -0.3 is 10.8 Å². The Morgan fingerprint density at radius 3 is 2.59 bits per heavy atom. The minimum atomic E-state index is -1.09.